The normalized spacial score (nSPS) is 10.6. The summed E-state index contributed by atoms with van der Waals surface area (Å²) >= 11 is 0. The van der Waals surface area contributed by atoms with Crippen LogP contribution < -0.4 is 0 Å². The van der Waals surface area contributed by atoms with Gasteiger partial charge in [0, 0.05) is 11.8 Å². The molecule has 0 amide bonds. The van der Waals surface area contributed by atoms with Crippen LogP contribution in [0.15, 0.2) is 66.9 Å². The van der Waals surface area contributed by atoms with E-state index in [1.165, 1.54) is 12.1 Å². The Morgan fingerprint density at radius 1 is 0.947 bits per heavy atom. The van der Waals surface area contributed by atoms with Crippen molar-refractivity contribution < 1.29 is 4.39 Å². The zero-order valence-corrected chi connectivity index (χ0v) is 10.3. The third-order valence-corrected chi connectivity index (χ3v) is 2.94. The average Bonchev–Trinajstić information content (AvgIpc) is 2.88. The summed E-state index contributed by atoms with van der Waals surface area (Å²) in [7, 11) is 0. The first-order valence-corrected chi connectivity index (χ1v) is 6.14. The quantitative estimate of drug-likeness (QED) is 0.694. The van der Waals surface area contributed by atoms with Crippen molar-refractivity contribution in [3.63, 3.8) is 0 Å². The van der Waals surface area contributed by atoms with Crippen LogP contribution in [0.2, 0.25) is 0 Å². The molecule has 3 heteroatoms. The van der Waals surface area contributed by atoms with Crippen LogP contribution in [-0.2, 0) is 6.54 Å². The SMILES string of the molecule is Fc1cccc(Cn2ccc(-c3ccccc3)n2)c1. The van der Waals surface area contributed by atoms with Crippen molar-refractivity contribution in [3.8, 4) is 11.3 Å². The molecule has 2 aromatic carbocycles. The molecule has 19 heavy (non-hydrogen) atoms. The highest BCUT2D eigenvalue weighted by Crippen LogP contribution is 2.16. The topological polar surface area (TPSA) is 17.8 Å². The molecule has 0 spiro atoms. The first-order valence-electron chi connectivity index (χ1n) is 6.14. The number of halogens is 1. The second-order valence-electron chi connectivity index (χ2n) is 4.39. The molecule has 0 saturated heterocycles. The number of aromatic nitrogens is 2. The van der Waals surface area contributed by atoms with Gasteiger partial charge in [0.25, 0.3) is 0 Å². The largest absolute Gasteiger partial charge is 0.268 e. The third kappa shape index (κ3) is 2.71. The molecule has 94 valence electrons. The van der Waals surface area contributed by atoms with Crippen LogP contribution in [0.4, 0.5) is 4.39 Å². The van der Waals surface area contributed by atoms with Gasteiger partial charge in [0.05, 0.1) is 12.2 Å². The number of rotatable bonds is 3. The minimum atomic E-state index is -0.215. The Bertz CT molecular complexity index is 674. The molecular formula is C16H13FN2. The minimum absolute atomic E-state index is 0.215. The van der Waals surface area contributed by atoms with E-state index in [0.29, 0.717) is 6.54 Å². The fourth-order valence-corrected chi connectivity index (χ4v) is 2.03. The highest BCUT2D eigenvalue weighted by Gasteiger charge is 2.02. The highest BCUT2D eigenvalue weighted by molar-refractivity contribution is 5.58. The fourth-order valence-electron chi connectivity index (χ4n) is 2.03. The monoisotopic (exact) mass is 252 g/mol. The van der Waals surface area contributed by atoms with Crippen LogP contribution in [0.5, 0.6) is 0 Å². The zero-order chi connectivity index (χ0) is 13.1. The van der Waals surface area contributed by atoms with Gasteiger partial charge in [-0.3, -0.25) is 4.68 Å². The molecule has 0 radical (unpaired) electrons. The van der Waals surface area contributed by atoms with Gasteiger partial charge in [-0.05, 0) is 23.8 Å². The maximum absolute atomic E-state index is 13.1. The summed E-state index contributed by atoms with van der Waals surface area (Å²) in [4.78, 5) is 0. The zero-order valence-electron chi connectivity index (χ0n) is 10.3. The predicted molar refractivity (Wildman–Crippen MR) is 73.2 cm³/mol. The lowest BCUT2D eigenvalue weighted by molar-refractivity contribution is 0.619. The number of benzene rings is 2. The summed E-state index contributed by atoms with van der Waals surface area (Å²) in [6.07, 6.45) is 1.91. The van der Waals surface area contributed by atoms with E-state index in [0.717, 1.165) is 16.8 Å². The molecule has 3 rings (SSSR count). The highest BCUT2D eigenvalue weighted by atomic mass is 19.1. The molecule has 2 nitrogen and oxygen atoms in total. The van der Waals surface area contributed by atoms with Crippen LogP contribution >= 0.6 is 0 Å². The lowest BCUT2D eigenvalue weighted by Crippen LogP contribution is -2.00. The first kappa shape index (κ1) is 11.7. The van der Waals surface area contributed by atoms with E-state index in [2.05, 4.69) is 5.10 Å². The molecule has 3 aromatic rings. The van der Waals surface area contributed by atoms with Gasteiger partial charge in [0.2, 0.25) is 0 Å². The van der Waals surface area contributed by atoms with Crippen LogP contribution in [0.25, 0.3) is 11.3 Å². The van der Waals surface area contributed by atoms with E-state index < -0.39 is 0 Å². The Morgan fingerprint density at radius 2 is 1.79 bits per heavy atom. The minimum Gasteiger partial charge on any atom is -0.268 e. The van der Waals surface area contributed by atoms with E-state index in [-0.39, 0.29) is 5.82 Å². The average molecular weight is 252 g/mol. The molecule has 0 fully saturated rings. The van der Waals surface area contributed by atoms with Crippen LogP contribution in [-0.4, -0.2) is 9.78 Å². The second kappa shape index (κ2) is 5.06. The molecule has 0 atom stereocenters. The molecule has 0 aliphatic heterocycles. The lowest BCUT2D eigenvalue weighted by Gasteiger charge is -2.02. The number of hydrogen-bond donors (Lipinski definition) is 0. The molecule has 1 aromatic heterocycles. The van der Waals surface area contributed by atoms with Crippen molar-refractivity contribution in [2.75, 3.05) is 0 Å². The van der Waals surface area contributed by atoms with E-state index in [4.69, 9.17) is 0 Å². The maximum Gasteiger partial charge on any atom is 0.123 e. The number of hydrogen-bond acceptors (Lipinski definition) is 1. The third-order valence-electron chi connectivity index (χ3n) is 2.94. The Hall–Kier alpha value is -2.42. The van der Waals surface area contributed by atoms with Crippen molar-refractivity contribution >= 4 is 0 Å². The summed E-state index contributed by atoms with van der Waals surface area (Å²) in [5, 5.41) is 4.50. The molecule has 0 saturated carbocycles. The van der Waals surface area contributed by atoms with Gasteiger partial charge in [-0.15, -0.1) is 0 Å². The van der Waals surface area contributed by atoms with Gasteiger partial charge in [-0.25, -0.2) is 4.39 Å². The van der Waals surface area contributed by atoms with Crippen LogP contribution in [0, 0.1) is 5.82 Å². The molecular weight excluding hydrogens is 239 g/mol. The van der Waals surface area contributed by atoms with E-state index >= 15 is 0 Å². The van der Waals surface area contributed by atoms with Crippen LogP contribution in [0.3, 0.4) is 0 Å². The Labute approximate surface area is 111 Å². The Balaban J connectivity index is 1.82. The Kier molecular flexibility index (Phi) is 3.11. The summed E-state index contributed by atoms with van der Waals surface area (Å²) in [6.45, 7) is 0.574. The van der Waals surface area contributed by atoms with Gasteiger partial charge in [0.15, 0.2) is 0 Å². The molecule has 0 aliphatic rings. The smallest absolute Gasteiger partial charge is 0.123 e. The van der Waals surface area contributed by atoms with Crippen molar-refractivity contribution in [1.82, 2.24) is 9.78 Å². The summed E-state index contributed by atoms with van der Waals surface area (Å²) in [6, 6.07) is 18.6. The summed E-state index contributed by atoms with van der Waals surface area (Å²) < 4.78 is 14.9. The summed E-state index contributed by atoms with van der Waals surface area (Å²) in [5.41, 5.74) is 2.92. The van der Waals surface area contributed by atoms with Crippen LogP contribution in [0.1, 0.15) is 5.56 Å². The number of nitrogens with zero attached hydrogens (tertiary/aromatic N) is 2. The van der Waals surface area contributed by atoms with Gasteiger partial charge >= 0.3 is 0 Å². The van der Waals surface area contributed by atoms with Crippen molar-refractivity contribution in [1.29, 1.82) is 0 Å². The molecule has 0 unspecified atom stereocenters. The maximum atomic E-state index is 13.1. The van der Waals surface area contributed by atoms with Crippen molar-refractivity contribution in [2.45, 2.75) is 6.54 Å². The first-order chi connectivity index (χ1) is 9.31. The predicted octanol–water partition coefficient (Wildman–Crippen LogP) is 3.74. The summed E-state index contributed by atoms with van der Waals surface area (Å²) in [5.74, 6) is -0.215. The molecule has 0 aliphatic carbocycles. The van der Waals surface area contributed by atoms with Gasteiger partial charge in [-0.1, -0.05) is 42.5 Å². The van der Waals surface area contributed by atoms with E-state index in [1.807, 2.05) is 53.3 Å². The lowest BCUT2D eigenvalue weighted by atomic mass is 10.2. The molecule has 0 bridgehead atoms. The second-order valence-corrected chi connectivity index (χ2v) is 4.39. The Morgan fingerprint density at radius 3 is 2.58 bits per heavy atom. The van der Waals surface area contributed by atoms with Crippen molar-refractivity contribution in [2.24, 2.45) is 0 Å². The van der Waals surface area contributed by atoms with Gasteiger partial charge in [0.1, 0.15) is 5.82 Å². The standard InChI is InChI=1S/C16H13FN2/c17-15-8-4-5-13(11-15)12-19-10-9-16(18-19)14-6-2-1-3-7-14/h1-11H,12H2. The fraction of sp³-hybridized carbons (Fsp3) is 0.0625. The van der Waals surface area contributed by atoms with Gasteiger partial charge in [-0.2, -0.15) is 5.10 Å². The molecule has 1 heterocycles. The van der Waals surface area contributed by atoms with Gasteiger partial charge < -0.3 is 0 Å². The van der Waals surface area contributed by atoms with Crippen molar-refractivity contribution in [3.05, 3.63) is 78.2 Å². The van der Waals surface area contributed by atoms with E-state index in [9.17, 15) is 4.39 Å². The molecule has 0 N–H and O–H groups in total. The van der Waals surface area contributed by atoms with E-state index in [1.54, 1.807) is 6.07 Å².